The molecule has 0 saturated heterocycles. The molecule has 0 spiro atoms. The van der Waals surface area contributed by atoms with Gasteiger partial charge in [0.2, 0.25) is 0 Å². The van der Waals surface area contributed by atoms with Crippen molar-refractivity contribution in [1.29, 1.82) is 0 Å². The molecule has 0 aliphatic rings. The van der Waals surface area contributed by atoms with Crippen molar-refractivity contribution >= 4 is 5.97 Å². The zero-order chi connectivity index (χ0) is 9.49. The van der Waals surface area contributed by atoms with Crippen LogP contribution in [0.3, 0.4) is 0 Å². The van der Waals surface area contributed by atoms with E-state index in [9.17, 15) is 0 Å². The predicted octanol–water partition coefficient (Wildman–Crippen LogP) is -0.365. The van der Waals surface area contributed by atoms with Crippen LogP contribution in [0.4, 0.5) is 0 Å². The van der Waals surface area contributed by atoms with E-state index >= 15 is 0 Å². The largest absolute Gasteiger partial charge is 0.545 e. The highest BCUT2D eigenvalue weighted by molar-refractivity contribution is 5.76. The normalized spacial score (nSPS) is 9.45. The third-order valence-corrected chi connectivity index (χ3v) is 1.12. The van der Waals surface area contributed by atoms with Crippen molar-refractivity contribution in [3.63, 3.8) is 0 Å². The topological polar surface area (TPSA) is 40.1 Å². The molecule has 0 aromatic heterocycles. The number of rotatable bonds is 2. The number of nitrogens with zero attached hydrogens (tertiary/aromatic N) is 1. The highest BCUT2D eigenvalue weighted by Crippen LogP contribution is 1.83. The first-order valence-electron chi connectivity index (χ1n) is 3.47. The van der Waals surface area contributed by atoms with Crippen LogP contribution in [0.2, 0.25) is 0 Å². The summed E-state index contributed by atoms with van der Waals surface area (Å²) in [5, 5.41) is 9.14. The summed E-state index contributed by atoms with van der Waals surface area (Å²) in [4.78, 5) is 9.14. The van der Waals surface area contributed by atoms with E-state index in [1.54, 1.807) is 0 Å². The molecule has 0 unspecified atom stereocenters. The molecule has 0 rings (SSSR count). The number of carboxylic acid groups (broad SMARTS) is 1. The molecule has 0 fully saturated rings. The van der Waals surface area contributed by atoms with Crippen LogP contribution >= 0.6 is 0 Å². The lowest BCUT2D eigenvalue weighted by Crippen LogP contribution is -2.33. The zero-order valence-electron chi connectivity index (χ0n) is 7.76. The van der Waals surface area contributed by atoms with Gasteiger partial charge in [-0.1, -0.05) is 6.58 Å². The number of quaternary nitrogens is 1. The first-order valence-corrected chi connectivity index (χ1v) is 3.47. The number of hydrogen-bond acceptors (Lipinski definition) is 2. The van der Waals surface area contributed by atoms with Gasteiger partial charge >= 0.3 is 0 Å². The molecular weight excluding hydrogens is 142 g/mol. The maximum absolute atomic E-state index is 9.14. The molecule has 11 heavy (non-hydrogen) atoms. The minimum atomic E-state index is -1.23. The Labute approximate surface area is 68.5 Å². The van der Waals surface area contributed by atoms with Crippen LogP contribution in [-0.4, -0.2) is 38.1 Å². The molecule has 0 radical (unpaired) electrons. The van der Waals surface area contributed by atoms with Crippen molar-refractivity contribution < 1.29 is 14.4 Å². The minimum absolute atomic E-state index is 0.722. The second-order valence-corrected chi connectivity index (χ2v) is 3.13. The van der Waals surface area contributed by atoms with Gasteiger partial charge in [0, 0.05) is 0 Å². The number of hydrogen-bond donors (Lipinski definition) is 0. The van der Waals surface area contributed by atoms with E-state index < -0.39 is 5.97 Å². The number of carbonyl (C=O) groups is 1. The Morgan fingerprint density at radius 1 is 1.55 bits per heavy atom. The van der Waals surface area contributed by atoms with Crippen molar-refractivity contribution in [3.05, 3.63) is 12.7 Å². The highest BCUT2D eigenvalue weighted by atomic mass is 16.4. The molecule has 0 aromatic carbocycles. The van der Waals surface area contributed by atoms with Crippen LogP contribution in [0.1, 0.15) is 6.92 Å². The van der Waals surface area contributed by atoms with Crippen LogP contribution < -0.4 is 5.11 Å². The SMILES string of the molecule is C=CC(=O)[O-].CC[N+](C)(C)C. The number of carbonyl (C=O) groups excluding carboxylic acids is 1. The van der Waals surface area contributed by atoms with Crippen LogP contribution in [-0.2, 0) is 4.79 Å². The van der Waals surface area contributed by atoms with Gasteiger partial charge in [-0.15, -0.1) is 0 Å². The molecule has 3 nitrogen and oxygen atoms in total. The molecular formula is C8H17NO2. The molecule has 0 aliphatic heterocycles. The highest BCUT2D eigenvalue weighted by Gasteiger charge is 1.97. The van der Waals surface area contributed by atoms with E-state index in [1.165, 1.54) is 6.54 Å². The monoisotopic (exact) mass is 159 g/mol. The van der Waals surface area contributed by atoms with Gasteiger partial charge in [-0.05, 0) is 13.0 Å². The zero-order valence-corrected chi connectivity index (χ0v) is 7.76. The number of carboxylic acids is 1. The van der Waals surface area contributed by atoms with Gasteiger partial charge in [0.25, 0.3) is 0 Å². The summed E-state index contributed by atoms with van der Waals surface area (Å²) < 4.78 is 1.07. The second kappa shape index (κ2) is 5.92. The van der Waals surface area contributed by atoms with Gasteiger partial charge < -0.3 is 14.4 Å². The summed E-state index contributed by atoms with van der Waals surface area (Å²) in [6, 6.07) is 0. The molecule has 0 heterocycles. The molecule has 0 saturated carbocycles. The van der Waals surface area contributed by atoms with Crippen molar-refractivity contribution in [2.45, 2.75) is 6.92 Å². The third kappa shape index (κ3) is 27.1. The smallest absolute Gasteiger partial charge is 0.0751 e. The fraction of sp³-hybridized carbons (Fsp3) is 0.625. The van der Waals surface area contributed by atoms with Gasteiger partial charge in [-0.2, -0.15) is 0 Å². The molecule has 3 heteroatoms. The molecule has 0 atom stereocenters. The van der Waals surface area contributed by atoms with E-state index in [4.69, 9.17) is 9.90 Å². The third-order valence-electron chi connectivity index (χ3n) is 1.12. The standard InChI is InChI=1S/C5H14N.C3H4O2/c1-5-6(2,3)4;1-2-3(4)5/h5H2,1-4H3;2H,1H2,(H,4,5)/q+1;/p-1. The first-order chi connectivity index (χ1) is 4.83. The fourth-order valence-electron chi connectivity index (χ4n) is 0. The Morgan fingerprint density at radius 3 is 1.73 bits per heavy atom. The molecule has 66 valence electrons. The quantitative estimate of drug-likeness (QED) is 0.407. The maximum atomic E-state index is 9.14. The Bertz CT molecular complexity index is 125. The molecule has 0 N–H and O–H groups in total. The summed E-state index contributed by atoms with van der Waals surface area (Å²) in [7, 11) is 6.54. The Hall–Kier alpha value is -0.830. The van der Waals surface area contributed by atoms with Crippen LogP contribution in [0.15, 0.2) is 12.7 Å². The lowest BCUT2D eigenvalue weighted by atomic mass is 10.6. The molecule has 0 amide bonds. The van der Waals surface area contributed by atoms with E-state index in [0.29, 0.717) is 0 Å². The average molecular weight is 159 g/mol. The van der Waals surface area contributed by atoms with Crippen molar-refractivity contribution in [1.82, 2.24) is 0 Å². The van der Waals surface area contributed by atoms with Gasteiger partial charge in [-0.3, -0.25) is 0 Å². The summed E-state index contributed by atoms with van der Waals surface area (Å²) in [5.74, 6) is -1.23. The van der Waals surface area contributed by atoms with E-state index in [2.05, 4.69) is 34.6 Å². The van der Waals surface area contributed by atoms with Gasteiger partial charge in [-0.25, -0.2) is 0 Å². The van der Waals surface area contributed by atoms with E-state index in [1.807, 2.05) is 0 Å². The lowest BCUT2D eigenvalue weighted by Gasteiger charge is -2.20. The molecule has 0 bridgehead atoms. The number of aliphatic carboxylic acids is 1. The molecule has 0 aromatic rings. The van der Waals surface area contributed by atoms with Crippen LogP contribution in [0.25, 0.3) is 0 Å². The van der Waals surface area contributed by atoms with Gasteiger partial charge in [0.15, 0.2) is 0 Å². The van der Waals surface area contributed by atoms with Crippen molar-refractivity contribution in [2.24, 2.45) is 0 Å². The Morgan fingerprint density at radius 2 is 1.73 bits per heavy atom. The summed E-state index contributed by atoms with van der Waals surface area (Å²) in [6.45, 7) is 6.29. The second-order valence-electron chi connectivity index (χ2n) is 3.13. The van der Waals surface area contributed by atoms with Crippen molar-refractivity contribution in [3.8, 4) is 0 Å². The van der Waals surface area contributed by atoms with Crippen molar-refractivity contribution in [2.75, 3.05) is 27.7 Å². The van der Waals surface area contributed by atoms with E-state index in [0.717, 1.165) is 10.6 Å². The predicted molar refractivity (Wildman–Crippen MR) is 43.8 cm³/mol. The Balaban J connectivity index is 0. The average Bonchev–Trinajstić information content (AvgIpc) is 1.88. The summed E-state index contributed by atoms with van der Waals surface area (Å²) >= 11 is 0. The molecule has 0 aliphatic carbocycles. The first kappa shape index (κ1) is 12.8. The lowest BCUT2D eigenvalue weighted by molar-refractivity contribution is -0.868. The van der Waals surface area contributed by atoms with Gasteiger partial charge in [0.05, 0.1) is 33.7 Å². The maximum Gasteiger partial charge on any atom is 0.0751 e. The fourth-order valence-corrected chi connectivity index (χ4v) is 0. The van der Waals surface area contributed by atoms with Crippen LogP contribution in [0, 0.1) is 0 Å². The minimum Gasteiger partial charge on any atom is -0.545 e. The van der Waals surface area contributed by atoms with Gasteiger partial charge in [0.1, 0.15) is 0 Å². The van der Waals surface area contributed by atoms with Crippen LogP contribution in [0.5, 0.6) is 0 Å². The Kier molecular flexibility index (Phi) is 6.89. The summed E-state index contributed by atoms with van der Waals surface area (Å²) in [6.07, 6.45) is 0.722. The van der Waals surface area contributed by atoms with E-state index in [-0.39, 0.29) is 0 Å². The summed E-state index contributed by atoms with van der Waals surface area (Å²) in [5.41, 5.74) is 0.